The summed E-state index contributed by atoms with van der Waals surface area (Å²) in [7, 11) is 1.79. The number of hydrogen-bond acceptors (Lipinski definition) is 3. The van der Waals surface area contributed by atoms with Crippen LogP contribution >= 0.6 is 34.8 Å². The van der Waals surface area contributed by atoms with Crippen molar-refractivity contribution in [3.63, 3.8) is 0 Å². The molecule has 2 aromatic heterocycles. The van der Waals surface area contributed by atoms with Gasteiger partial charge in [-0.25, -0.2) is 9.37 Å². The number of nitrogens with zero attached hydrogens (tertiary/aromatic N) is 4. The molecule has 0 fully saturated rings. The van der Waals surface area contributed by atoms with Crippen LogP contribution in [0.4, 0.5) is 10.1 Å². The van der Waals surface area contributed by atoms with Crippen LogP contribution in [0.1, 0.15) is 30.9 Å². The van der Waals surface area contributed by atoms with Crippen molar-refractivity contribution in [2.45, 2.75) is 25.8 Å². The lowest BCUT2D eigenvalue weighted by Crippen LogP contribution is -2.25. The molecule has 4 nitrogen and oxygen atoms in total. The Morgan fingerprint density at radius 2 is 1.76 bits per heavy atom. The molecule has 0 atom stereocenters. The quantitative estimate of drug-likeness (QED) is 0.276. The molecule has 170 valence electrons. The minimum absolute atomic E-state index is 0.324. The first-order valence-corrected chi connectivity index (χ1v) is 11.4. The Morgan fingerprint density at radius 1 is 0.970 bits per heavy atom. The molecule has 0 bridgehead atoms. The number of aromatic nitrogens is 3. The zero-order valence-electron chi connectivity index (χ0n) is 18.4. The van der Waals surface area contributed by atoms with E-state index in [1.807, 2.05) is 35.0 Å². The van der Waals surface area contributed by atoms with Gasteiger partial charge in [-0.1, -0.05) is 60.8 Å². The topological polar surface area (TPSA) is 34.0 Å². The van der Waals surface area contributed by atoms with Crippen LogP contribution in [0.3, 0.4) is 0 Å². The second-order valence-corrected chi connectivity index (χ2v) is 9.51. The summed E-state index contributed by atoms with van der Waals surface area (Å²) in [4.78, 5) is 10.8. The van der Waals surface area contributed by atoms with Gasteiger partial charge in [-0.2, -0.15) is 0 Å². The number of halogens is 4. The van der Waals surface area contributed by atoms with Crippen molar-refractivity contribution in [3.05, 3.63) is 105 Å². The van der Waals surface area contributed by atoms with E-state index in [4.69, 9.17) is 39.8 Å². The Hall–Kier alpha value is -2.60. The van der Waals surface area contributed by atoms with E-state index in [9.17, 15) is 4.39 Å². The molecule has 0 spiro atoms. The lowest BCUT2D eigenvalue weighted by Gasteiger charge is -2.28. The third-order valence-electron chi connectivity index (χ3n) is 5.72. The van der Waals surface area contributed by atoms with Gasteiger partial charge in [-0.05, 0) is 42.0 Å². The predicted octanol–water partition coefficient (Wildman–Crippen LogP) is 7.33. The number of pyridine rings is 1. The Morgan fingerprint density at radius 3 is 2.42 bits per heavy atom. The van der Waals surface area contributed by atoms with E-state index in [1.54, 1.807) is 42.5 Å². The van der Waals surface area contributed by atoms with Crippen molar-refractivity contribution in [2.75, 3.05) is 11.9 Å². The van der Waals surface area contributed by atoms with E-state index in [-0.39, 0.29) is 5.82 Å². The van der Waals surface area contributed by atoms with Crippen LogP contribution in [0.25, 0.3) is 5.69 Å². The summed E-state index contributed by atoms with van der Waals surface area (Å²) in [6.45, 7) is 4.52. The van der Waals surface area contributed by atoms with Crippen LogP contribution in [0.2, 0.25) is 15.1 Å². The van der Waals surface area contributed by atoms with Gasteiger partial charge >= 0.3 is 0 Å². The fourth-order valence-electron chi connectivity index (χ4n) is 3.89. The minimum atomic E-state index is -0.469. The second-order valence-electron chi connectivity index (χ2n) is 8.29. The summed E-state index contributed by atoms with van der Waals surface area (Å²) < 4.78 is 16.6. The van der Waals surface area contributed by atoms with Crippen molar-refractivity contribution in [3.8, 4) is 5.69 Å². The van der Waals surface area contributed by atoms with E-state index in [0.29, 0.717) is 33.1 Å². The number of imidazole rings is 1. The average molecular weight is 504 g/mol. The molecule has 0 unspecified atom stereocenters. The van der Waals surface area contributed by atoms with Crippen LogP contribution in [-0.4, -0.2) is 21.6 Å². The van der Waals surface area contributed by atoms with Gasteiger partial charge in [0.2, 0.25) is 0 Å². The van der Waals surface area contributed by atoms with Gasteiger partial charge in [0.25, 0.3) is 0 Å². The van der Waals surface area contributed by atoms with Crippen LogP contribution in [0, 0.1) is 5.82 Å². The highest BCUT2D eigenvalue weighted by molar-refractivity contribution is 6.42. The Kier molecular flexibility index (Phi) is 6.66. The van der Waals surface area contributed by atoms with Gasteiger partial charge in [0.15, 0.2) is 0 Å². The van der Waals surface area contributed by atoms with Crippen molar-refractivity contribution in [2.24, 2.45) is 0 Å². The number of para-hydroxylation sites is 1. The molecule has 0 aliphatic rings. The predicted molar refractivity (Wildman–Crippen MR) is 133 cm³/mol. The van der Waals surface area contributed by atoms with E-state index in [2.05, 4.69) is 18.8 Å². The van der Waals surface area contributed by atoms with Gasteiger partial charge in [0.1, 0.15) is 11.6 Å². The van der Waals surface area contributed by atoms with E-state index < -0.39 is 5.41 Å². The second kappa shape index (κ2) is 9.34. The standard InChI is InChI=1S/C25H22Cl3FN4/c1-25(2,16-9-10-18(26)20(28)12-16)22-14-31-23(33(22)17-6-5-11-30-13-17)15-32(3)24-19(27)7-4-8-21(24)29/h4-14H,15H2,1-3H3. The molecule has 33 heavy (non-hydrogen) atoms. The first-order chi connectivity index (χ1) is 15.7. The molecule has 2 heterocycles. The summed E-state index contributed by atoms with van der Waals surface area (Å²) in [5.74, 6) is 0.328. The van der Waals surface area contributed by atoms with Gasteiger partial charge in [-0.3, -0.25) is 9.55 Å². The molecule has 0 N–H and O–H groups in total. The number of anilines is 1. The summed E-state index contributed by atoms with van der Waals surface area (Å²) in [5.41, 5.74) is 2.62. The van der Waals surface area contributed by atoms with Gasteiger partial charge in [0.05, 0.1) is 44.9 Å². The molecular weight excluding hydrogens is 482 g/mol. The van der Waals surface area contributed by atoms with Crippen LogP contribution < -0.4 is 4.90 Å². The zero-order valence-corrected chi connectivity index (χ0v) is 20.6. The Labute approximate surface area is 207 Å². The summed E-state index contributed by atoms with van der Waals surface area (Å²) in [6, 6.07) is 14.1. The molecule has 0 aliphatic heterocycles. The fourth-order valence-corrected chi connectivity index (χ4v) is 4.50. The molecule has 2 aromatic carbocycles. The maximum absolute atomic E-state index is 14.5. The summed E-state index contributed by atoms with van der Waals surface area (Å²) >= 11 is 18.8. The van der Waals surface area contributed by atoms with Crippen LogP contribution in [0.15, 0.2) is 67.1 Å². The summed E-state index contributed by atoms with van der Waals surface area (Å²) in [5, 5.41) is 1.33. The molecular formula is C25H22Cl3FN4. The van der Waals surface area contributed by atoms with Gasteiger partial charge in [0, 0.05) is 24.9 Å². The van der Waals surface area contributed by atoms with Crippen LogP contribution in [0.5, 0.6) is 0 Å². The zero-order chi connectivity index (χ0) is 23.8. The van der Waals surface area contributed by atoms with Crippen molar-refractivity contribution in [1.82, 2.24) is 14.5 Å². The first-order valence-electron chi connectivity index (χ1n) is 10.3. The maximum atomic E-state index is 14.5. The first kappa shape index (κ1) is 23.6. The fraction of sp³-hybridized carbons (Fsp3) is 0.200. The molecule has 0 amide bonds. The molecule has 4 rings (SSSR count). The SMILES string of the molecule is CN(Cc1ncc(C(C)(C)c2ccc(Cl)c(Cl)c2)n1-c1cccnc1)c1c(F)cccc1Cl. The summed E-state index contributed by atoms with van der Waals surface area (Å²) in [6.07, 6.45) is 5.33. The third-order valence-corrected chi connectivity index (χ3v) is 6.76. The minimum Gasteiger partial charge on any atom is -0.364 e. The average Bonchev–Trinajstić information content (AvgIpc) is 3.20. The number of hydrogen-bond donors (Lipinski definition) is 0. The molecule has 0 aliphatic carbocycles. The largest absolute Gasteiger partial charge is 0.364 e. The third kappa shape index (κ3) is 4.58. The highest BCUT2D eigenvalue weighted by Crippen LogP contribution is 2.37. The van der Waals surface area contributed by atoms with Gasteiger partial charge < -0.3 is 4.90 Å². The normalized spacial score (nSPS) is 11.6. The van der Waals surface area contributed by atoms with Crippen molar-refractivity contribution >= 4 is 40.5 Å². The highest BCUT2D eigenvalue weighted by Gasteiger charge is 2.30. The lowest BCUT2D eigenvalue weighted by atomic mass is 9.81. The molecule has 0 radical (unpaired) electrons. The van der Waals surface area contributed by atoms with E-state index in [1.165, 1.54) is 6.07 Å². The maximum Gasteiger partial charge on any atom is 0.148 e. The number of rotatable bonds is 6. The number of benzene rings is 2. The van der Waals surface area contributed by atoms with E-state index in [0.717, 1.165) is 16.9 Å². The molecule has 0 saturated heterocycles. The Balaban J connectivity index is 1.82. The van der Waals surface area contributed by atoms with Crippen LogP contribution in [-0.2, 0) is 12.0 Å². The Bertz CT molecular complexity index is 1270. The monoisotopic (exact) mass is 502 g/mol. The molecule has 4 aromatic rings. The smallest absolute Gasteiger partial charge is 0.148 e. The van der Waals surface area contributed by atoms with Gasteiger partial charge in [-0.15, -0.1) is 0 Å². The highest BCUT2D eigenvalue weighted by atomic mass is 35.5. The van der Waals surface area contributed by atoms with Crippen molar-refractivity contribution < 1.29 is 4.39 Å². The molecule has 0 saturated carbocycles. The van der Waals surface area contributed by atoms with Crippen molar-refractivity contribution in [1.29, 1.82) is 0 Å². The van der Waals surface area contributed by atoms with E-state index >= 15 is 0 Å². The molecule has 8 heteroatoms. The lowest BCUT2D eigenvalue weighted by molar-refractivity contribution is 0.593.